The average molecular weight is 574 g/mol. The van der Waals surface area contributed by atoms with E-state index in [9.17, 15) is 22.4 Å². The van der Waals surface area contributed by atoms with Crippen molar-refractivity contribution in [1.29, 1.82) is 0 Å². The molecule has 0 radical (unpaired) electrons. The lowest BCUT2D eigenvalue weighted by Gasteiger charge is -2.33. The highest BCUT2D eigenvalue weighted by molar-refractivity contribution is 7.92. The number of benzene rings is 3. The van der Waals surface area contributed by atoms with Crippen LogP contribution in [0, 0.1) is 12.7 Å². The lowest BCUT2D eigenvalue weighted by atomic mass is 10.1. The summed E-state index contributed by atoms with van der Waals surface area (Å²) in [6.45, 7) is 8.37. The van der Waals surface area contributed by atoms with E-state index < -0.39 is 39.9 Å². The number of amides is 2. The van der Waals surface area contributed by atoms with Crippen LogP contribution in [0.15, 0.2) is 77.7 Å². The van der Waals surface area contributed by atoms with E-state index in [0.717, 1.165) is 34.1 Å². The second kappa shape index (κ2) is 12.2. The van der Waals surface area contributed by atoms with Crippen LogP contribution in [0.5, 0.6) is 0 Å². The molecule has 1 unspecified atom stereocenters. The molecule has 1 atom stereocenters. The van der Waals surface area contributed by atoms with E-state index in [0.29, 0.717) is 10.6 Å². The lowest BCUT2D eigenvalue weighted by Crippen LogP contribution is -2.54. The number of hydrogen-bond acceptors (Lipinski definition) is 4. The third-order valence-corrected chi connectivity index (χ3v) is 7.93. The van der Waals surface area contributed by atoms with Gasteiger partial charge in [0, 0.05) is 17.1 Å². The lowest BCUT2D eigenvalue weighted by molar-refractivity contribution is -0.140. The van der Waals surface area contributed by atoms with E-state index in [1.807, 2.05) is 27.7 Å². The highest BCUT2D eigenvalue weighted by Crippen LogP contribution is 2.25. The zero-order valence-electron chi connectivity index (χ0n) is 22.6. The fourth-order valence-corrected chi connectivity index (χ4v) is 5.49. The molecule has 3 aromatic rings. The van der Waals surface area contributed by atoms with Gasteiger partial charge in [-0.25, -0.2) is 12.8 Å². The Balaban J connectivity index is 2.03. The SMILES string of the molecule is Cc1ccc(N(CC(=O)N(Cc2cccc(Cl)c2)C(C)C(=O)NC(C)(C)C)S(=O)(=O)c2ccc(F)cc2)cc1. The molecule has 0 bridgehead atoms. The molecule has 3 rings (SSSR count). The van der Waals surface area contributed by atoms with Crippen molar-refractivity contribution >= 4 is 39.1 Å². The van der Waals surface area contributed by atoms with Crippen LogP contribution in [0.2, 0.25) is 5.02 Å². The maximum Gasteiger partial charge on any atom is 0.264 e. The molecule has 0 aliphatic heterocycles. The summed E-state index contributed by atoms with van der Waals surface area (Å²) in [5.41, 5.74) is 1.29. The van der Waals surface area contributed by atoms with Crippen molar-refractivity contribution in [2.75, 3.05) is 10.8 Å². The largest absolute Gasteiger partial charge is 0.350 e. The average Bonchev–Trinajstić information content (AvgIpc) is 2.85. The van der Waals surface area contributed by atoms with E-state index in [1.54, 1.807) is 55.5 Å². The highest BCUT2D eigenvalue weighted by atomic mass is 35.5. The van der Waals surface area contributed by atoms with Gasteiger partial charge in [0.1, 0.15) is 18.4 Å². The number of sulfonamides is 1. The molecule has 39 heavy (non-hydrogen) atoms. The fourth-order valence-electron chi connectivity index (χ4n) is 3.86. The number of anilines is 1. The number of nitrogens with zero attached hydrogens (tertiary/aromatic N) is 2. The summed E-state index contributed by atoms with van der Waals surface area (Å²) >= 11 is 6.16. The van der Waals surface area contributed by atoms with Crippen LogP contribution in [-0.2, 0) is 26.2 Å². The molecule has 0 aromatic heterocycles. The molecule has 0 heterocycles. The van der Waals surface area contributed by atoms with E-state index >= 15 is 0 Å². The van der Waals surface area contributed by atoms with Crippen molar-refractivity contribution in [1.82, 2.24) is 10.2 Å². The van der Waals surface area contributed by atoms with Gasteiger partial charge in [-0.3, -0.25) is 13.9 Å². The summed E-state index contributed by atoms with van der Waals surface area (Å²) in [7, 11) is -4.27. The zero-order valence-corrected chi connectivity index (χ0v) is 24.2. The molecule has 3 aromatic carbocycles. The zero-order chi connectivity index (χ0) is 29.0. The second-order valence-electron chi connectivity index (χ2n) is 10.4. The molecule has 0 saturated heterocycles. The second-order valence-corrected chi connectivity index (χ2v) is 12.7. The predicted octanol–water partition coefficient (Wildman–Crippen LogP) is 5.31. The van der Waals surface area contributed by atoms with Crippen LogP contribution in [0.4, 0.5) is 10.1 Å². The van der Waals surface area contributed by atoms with Gasteiger partial charge in [-0.1, -0.05) is 41.4 Å². The number of nitrogens with one attached hydrogen (secondary N) is 1. The van der Waals surface area contributed by atoms with Gasteiger partial charge in [0.25, 0.3) is 10.0 Å². The van der Waals surface area contributed by atoms with Crippen LogP contribution in [0.25, 0.3) is 0 Å². The normalized spacial score (nSPS) is 12.5. The van der Waals surface area contributed by atoms with Crippen LogP contribution >= 0.6 is 11.6 Å². The number of carbonyl (C=O) groups excluding carboxylic acids is 2. The molecule has 0 spiro atoms. The van der Waals surface area contributed by atoms with Gasteiger partial charge in [0.2, 0.25) is 11.8 Å². The Morgan fingerprint density at radius 2 is 1.62 bits per heavy atom. The first kappa shape index (κ1) is 30.1. The fraction of sp³-hybridized carbons (Fsp3) is 0.310. The van der Waals surface area contributed by atoms with Crippen LogP contribution in [0.1, 0.15) is 38.8 Å². The summed E-state index contributed by atoms with van der Waals surface area (Å²) < 4.78 is 42.0. The smallest absolute Gasteiger partial charge is 0.264 e. The van der Waals surface area contributed by atoms with E-state index in [1.165, 1.54) is 4.90 Å². The van der Waals surface area contributed by atoms with Gasteiger partial charge < -0.3 is 10.2 Å². The third-order valence-electron chi connectivity index (χ3n) is 5.91. The monoisotopic (exact) mass is 573 g/mol. The topological polar surface area (TPSA) is 86.8 Å². The molecule has 0 aliphatic rings. The standard InChI is InChI=1S/C29H33ClFN3O4S/c1-20-9-13-25(14-10-20)34(39(37,38)26-15-11-24(31)12-16-26)19-27(35)33(18-22-7-6-8-23(30)17-22)21(2)28(36)32-29(3,4)5/h6-17,21H,18-19H2,1-5H3,(H,32,36). The van der Waals surface area contributed by atoms with Crippen LogP contribution < -0.4 is 9.62 Å². The predicted molar refractivity (Wildman–Crippen MR) is 151 cm³/mol. The van der Waals surface area contributed by atoms with E-state index in [4.69, 9.17) is 11.6 Å². The number of carbonyl (C=O) groups is 2. The van der Waals surface area contributed by atoms with Gasteiger partial charge in [-0.2, -0.15) is 0 Å². The van der Waals surface area contributed by atoms with Crippen LogP contribution in [0.3, 0.4) is 0 Å². The highest BCUT2D eigenvalue weighted by Gasteiger charge is 2.33. The summed E-state index contributed by atoms with van der Waals surface area (Å²) in [5.74, 6) is -1.57. The Labute approximate surface area is 234 Å². The van der Waals surface area contributed by atoms with Crippen molar-refractivity contribution < 1.29 is 22.4 Å². The van der Waals surface area contributed by atoms with E-state index in [-0.39, 0.29) is 23.0 Å². The Hall–Kier alpha value is -3.43. The van der Waals surface area contributed by atoms with Crippen molar-refractivity contribution in [2.24, 2.45) is 0 Å². The minimum atomic E-state index is -4.27. The summed E-state index contributed by atoms with van der Waals surface area (Å²) in [6, 6.07) is 17.0. The molecule has 10 heteroatoms. The molecule has 208 valence electrons. The molecule has 2 amide bonds. The number of aryl methyl sites for hydroxylation is 1. The van der Waals surface area contributed by atoms with Crippen molar-refractivity contribution in [2.45, 2.75) is 57.6 Å². The number of halogens is 2. The molecule has 0 aliphatic carbocycles. The molecular formula is C29H33ClFN3O4S. The summed E-state index contributed by atoms with van der Waals surface area (Å²) in [6.07, 6.45) is 0. The van der Waals surface area contributed by atoms with E-state index in [2.05, 4.69) is 5.32 Å². The Bertz CT molecular complexity index is 1420. The summed E-state index contributed by atoms with van der Waals surface area (Å²) in [4.78, 5) is 28.1. The minimum Gasteiger partial charge on any atom is -0.350 e. The van der Waals surface area contributed by atoms with Gasteiger partial charge in [0.15, 0.2) is 0 Å². The molecule has 0 saturated carbocycles. The first-order valence-electron chi connectivity index (χ1n) is 12.4. The van der Waals surface area contributed by atoms with Crippen molar-refractivity contribution in [3.05, 3.63) is 94.8 Å². The minimum absolute atomic E-state index is 0.0243. The van der Waals surface area contributed by atoms with Crippen molar-refractivity contribution in [3.8, 4) is 0 Å². The van der Waals surface area contributed by atoms with Crippen molar-refractivity contribution in [3.63, 3.8) is 0 Å². The molecule has 0 fully saturated rings. The van der Waals surface area contributed by atoms with Gasteiger partial charge >= 0.3 is 0 Å². The molecule has 1 N–H and O–H groups in total. The number of hydrogen-bond donors (Lipinski definition) is 1. The summed E-state index contributed by atoms with van der Waals surface area (Å²) in [5, 5.41) is 3.34. The van der Waals surface area contributed by atoms with Gasteiger partial charge in [-0.15, -0.1) is 0 Å². The van der Waals surface area contributed by atoms with Gasteiger partial charge in [-0.05, 0) is 88.7 Å². The maximum absolute atomic E-state index is 13.9. The number of rotatable bonds is 9. The Morgan fingerprint density at radius 3 is 2.18 bits per heavy atom. The first-order valence-corrected chi connectivity index (χ1v) is 14.2. The quantitative estimate of drug-likeness (QED) is 0.376. The molecular weight excluding hydrogens is 541 g/mol. The van der Waals surface area contributed by atoms with Crippen LogP contribution in [-0.4, -0.2) is 43.3 Å². The third kappa shape index (κ3) is 8.03. The van der Waals surface area contributed by atoms with Gasteiger partial charge in [0.05, 0.1) is 10.6 Å². The Kier molecular flexibility index (Phi) is 9.40. The first-order chi connectivity index (χ1) is 18.2. The molecule has 7 nitrogen and oxygen atoms in total. The Morgan fingerprint density at radius 1 is 1.00 bits per heavy atom. The maximum atomic E-state index is 13.9.